The van der Waals surface area contributed by atoms with Crippen molar-refractivity contribution in [2.45, 2.75) is 12.8 Å². The number of halogens is 3. The van der Waals surface area contributed by atoms with Crippen LogP contribution in [0.1, 0.15) is 6.42 Å². The molecule has 0 aliphatic rings. The minimum Gasteiger partial charge on any atom is -0.406 e. The monoisotopic (exact) mass is 297 g/mol. The van der Waals surface area contributed by atoms with E-state index in [0.29, 0.717) is 18.7 Å². The van der Waals surface area contributed by atoms with Gasteiger partial charge in [0.1, 0.15) is 15.6 Å². The van der Waals surface area contributed by atoms with Crippen molar-refractivity contribution in [1.29, 1.82) is 0 Å². The molecule has 1 N–H and O–H groups in total. The number of sulfone groups is 1. The molecule has 0 unspecified atom stereocenters. The molecule has 0 spiro atoms. The Labute approximate surface area is 109 Å². The van der Waals surface area contributed by atoms with E-state index in [1.54, 1.807) is 6.07 Å². The van der Waals surface area contributed by atoms with Crippen molar-refractivity contribution in [1.82, 2.24) is 0 Å². The first-order valence-electron chi connectivity index (χ1n) is 5.43. The molecule has 4 nitrogen and oxygen atoms in total. The van der Waals surface area contributed by atoms with Crippen LogP contribution >= 0.6 is 0 Å². The Morgan fingerprint density at radius 2 is 2.00 bits per heavy atom. The molecular weight excluding hydrogens is 283 g/mol. The van der Waals surface area contributed by atoms with Crippen molar-refractivity contribution in [3.05, 3.63) is 24.3 Å². The molecule has 0 aromatic heterocycles. The summed E-state index contributed by atoms with van der Waals surface area (Å²) in [4.78, 5) is 0. The molecule has 0 heterocycles. The normalized spacial score (nSPS) is 12.2. The minimum absolute atomic E-state index is 0.0265. The first-order valence-corrected chi connectivity index (χ1v) is 7.49. The SMILES string of the molecule is CS(=O)(=O)CCCNc1cccc(OC(F)(F)F)c1. The second-order valence-corrected chi connectivity index (χ2v) is 6.25. The Bertz CT molecular complexity index is 514. The van der Waals surface area contributed by atoms with E-state index < -0.39 is 16.2 Å². The Morgan fingerprint density at radius 1 is 1.32 bits per heavy atom. The van der Waals surface area contributed by atoms with Crippen LogP contribution < -0.4 is 10.1 Å². The molecule has 0 aliphatic heterocycles. The quantitative estimate of drug-likeness (QED) is 0.819. The van der Waals surface area contributed by atoms with Crippen LogP contribution in [-0.2, 0) is 9.84 Å². The highest BCUT2D eigenvalue weighted by Crippen LogP contribution is 2.24. The minimum atomic E-state index is -4.73. The summed E-state index contributed by atoms with van der Waals surface area (Å²) in [5, 5.41) is 2.83. The van der Waals surface area contributed by atoms with Crippen LogP contribution in [0.2, 0.25) is 0 Å². The fraction of sp³-hybridized carbons (Fsp3) is 0.455. The predicted molar refractivity (Wildman–Crippen MR) is 65.9 cm³/mol. The van der Waals surface area contributed by atoms with Crippen LogP contribution in [0.4, 0.5) is 18.9 Å². The van der Waals surface area contributed by atoms with E-state index in [1.807, 2.05) is 0 Å². The predicted octanol–water partition coefficient (Wildman–Crippen LogP) is 2.43. The summed E-state index contributed by atoms with van der Waals surface area (Å²) in [5.74, 6) is -0.292. The van der Waals surface area contributed by atoms with Crippen molar-refractivity contribution in [2.24, 2.45) is 0 Å². The summed E-state index contributed by atoms with van der Waals surface area (Å²) >= 11 is 0. The highest BCUT2D eigenvalue weighted by Gasteiger charge is 2.31. The Kier molecular flexibility index (Phi) is 5.04. The number of benzene rings is 1. The van der Waals surface area contributed by atoms with E-state index in [0.717, 1.165) is 6.26 Å². The average molecular weight is 297 g/mol. The van der Waals surface area contributed by atoms with Crippen molar-refractivity contribution in [2.75, 3.05) is 23.9 Å². The number of anilines is 1. The van der Waals surface area contributed by atoms with Gasteiger partial charge in [-0.2, -0.15) is 0 Å². The third-order valence-electron chi connectivity index (χ3n) is 2.09. The highest BCUT2D eigenvalue weighted by atomic mass is 32.2. The number of alkyl halides is 3. The van der Waals surface area contributed by atoms with Gasteiger partial charge in [-0.05, 0) is 18.6 Å². The Morgan fingerprint density at radius 3 is 2.58 bits per heavy atom. The van der Waals surface area contributed by atoms with Gasteiger partial charge in [0.2, 0.25) is 0 Å². The van der Waals surface area contributed by atoms with Crippen molar-refractivity contribution in [3.8, 4) is 5.75 Å². The van der Waals surface area contributed by atoms with Crippen LogP contribution in [0.25, 0.3) is 0 Å². The number of hydrogen-bond acceptors (Lipinski definition) is 4. The Balaban J connectivity index is 2.49. The maximum Gasteiger partial charge on any atom is 0.573 e. The molecule has 1 aromatic carbocycles. The summed E-state index contributed by atoms with van der Waals surface area (Å²) in [5.41, 5.74) is 0.440. The molecule has 0 bridgehead atoms. The van der Waals surface area contributed by atoms with Crippen molar-refractivity contribution >= 4 is 15.5 Å². The lowest BCUT2D eigenvalue weighted by atomic mass is 10.3. The smallest absolute Gasteiger partial charge is 0.406 e. The van der Waals surface area contributed by atoms with Gasteiger partial charge >= 0.3 is 6.36 Å². The van der Waals surface area contributed by atoms with Gasteiger partial charge in [0.05, 0.1) is 5.75 Å². The fourth-order valence-corrected chi connectivity index (χ4v) is 2.04. The van der Waals surface area contributed by atoms with E-state index >= 15 is 0 Å². The molecule has 1 rings (SSSR count). The van der Waals surface area contributed by atoms with Crippen LogP contribution in [0.5, 0.6) is 5.75 Å². The van der Waals surface area contributed by atoms with Gasteiger partial charge in [-0.1, -0.05) is 6.07 Å². The number of ether oxygens (including phenoxy) is 1. The van der Waals surface area contributed by atoms with E-state index in [1.165, 1.54) is 18.2 Å². The lowest BCUT2D eigenvalue weighted by Gasteiger charge is -2.11. The Hall–Kier alpha value is -1.44. The van der Waals surface area contributed by atoms with Crippen LogP contribution in [0.3, 0.4) is 0 Å². The topological polar surface area (TPSA) is 55.4 Å². The largest absolute Gasteiger partial charge is 0.573 e. The highest BCUT2D eigenvalue weighted by molar-refractivity contribution is 7.90. The van der Waals surface area contributed by atoms with Crippen LogP contribution in [0, 0.1) is 0 Å². The van der Waals surface area contributed by atoms with E-state index in [2.05, 4.69) is 10.1 Å². The van der Waals surface area contributed by atoms with Gasteiger partial charge in [0.25, 0.3) is 0 Å². The second-order valence-electron chi connectivity index (χ2n) is 3.99. The number of hydrogen-bond donors (Lipinski definition) is 1. The zero-order valence-corrected chi connectivity index (χ0v) is 11.0. The summed E-state index contributed by atoms with van der Waals surface area (Å²) in [7, 11) is -3.02. The first-order chi connectivity index (χ1) is 8.66. The molecule has 0 aliphatic carbocycles. The third-order valence-corrected chi connectivity index (χ3v) is 3.12. The van der Waals surface area contributed by atoms with Gasteiger partial charge in [0.15, 0.2) is 0 Å². The first kappa shape index (κ1) is 15.6. The van der Waals surface area contributed by atoms with Gasteiger partial charge in [0, 0.05) is 24.6 Å². The summed E-state index contributed by atoms with van der Waals surface area (Å²) in [6.45, 7) is 0.350. The fourth-order valence-electron chi connectivity index (χ4n) is 1.37. The molecule has 0 radical (unpaired) electrons. The molecule has 8 heteroatoms. The average Bonchev–Trinajstić information content (AvgIpc) is 2.21. The molecule has 0 amide bonds. The number of rotatable bonds is 6. The van der Waals surface area contributed by atoms with E-state index in [-0.39, 0.29) is 11.5 Å². The molecule has 1 aromatic rings. The lowest BCUT2D eigenvalue weighted by molar-refractivity contribution is -0.274. The van der Waals surface area contributed by atoms with Crippen LogP contribution in [0.15, 0.2) is 24.3 Å². The molecule has 19 heavy (non-hydrogen) atoms. The molecule has 0 saturated carbocycles. The van der Waals surface area contributed by atoms with Crippen molar-refractivity contribution < 1.29 is 26.3 Å². The maximum atomic E-state index is 12.0. The molecule has 0 atom stereocenters. The van der Waals surface area contributed by atoms with Crippen LogP contribution in [-0.4, -0.2) is 33.3 Å². The third kappa shape index (κ3) is 7.55. The molecule has 0 saturated heterocycles. The van der Waals surface area contributed by atoms with Gasteiger partial charge in [-0.3, -0.25) is 0 Å². The van der Waals surface area contributed by atoms with E-state index in [9.17, 15) is 21.6 Å². The lowest BCUT2D eigenvalue weighted by Crippen LogP contribution is -2.17. The summed E-state index contributed by atoms with van der Waals surface area (Å²) in [6, 6.07) is 5.38. The zero-order valence-electron chi connectivity index (χ0n) is 10.2. The zero-order chi connectivity index (χ0) is 14.5. The molecule has 0 fully saturated rings. The number of nitrogens with one attached hydrogen (secondary N) is 1. The van der Waals surface area contributed by atoms with E-state index in [4.69, 9.17) is 0 Å². The maximum absolute atomic E-state index is 12.0. The summed E-state index contributed by atoms with van der Waals surface area (Å²) in [6.07, 6.45) is -3.22. The van der Waals surface area contributed by atoms with Crippen molar-refractivity contribution in [3.63, 3.8) is 0 Å². The van der Waals surface area contributed by atoms with Gasteiger partial charge in [-0.25, -0.2) is 8.42 Å². The molecular formula is C11H14F3NO3S. The summed E-state index contributed by atoms with van der Waals surface area (Å²) < 4.78 is 61.5. The van der Waals surface area contributed by atoms with Gasteiger partial charge < -0.3 is 10.1 Å². The second kappa shape index (κ2) is 6.14. The van der Waals surface area contributed by atoms with Gasteiger partial charge in [-0.15, -0.1) is 13.2 Å². The standard InChI is InChI=1S/C11H14F3NO3S/c1-19(16,17)7-3-6-15-9-4-2-5-10(8-9)18-11(12,13)14/h2,4-5,8,15H,3,6-7H2,1H3. The molecule has 108 valence electrons.